The Morgan fingerprint density at radius 2 is 2.21 bits per heavy atom. The second kappa shape index (κ2) is 5.06. The summed E-state index contributed by atoms with van der Waals surface area (Å²) >= 11 is 0. The van der Waals surface area contributed by atoms with Crippen LogP contribution in [0.5, 0.6) is 0 Å². The van der Waals surface area contributed by atoms with Crippen LogP contribution in [-0.2, 0) is 17.9 Å². The van der Waals surface area contributed by atoms with Gasteiger partial charge >= 0.3 is 0 Å². The molecular formula is C14H17N3O2. The molecular weight excluding hydrogens is 242 g/mol. The number of aromatic nitrogens is 2. The van der Waals surface area contributed by atoms with Crippen LogP contribution >= 0.6 is 0 Å². The van der Waals surface area contributed by atoms with Crippen LogP contribution in [0.3, 0.4) is 0 Å². The molecule has 1 amide bonds. The number of hydrogen-bond acceptors (Lipinski definition) is 3. The fraction of sp³-hybridized carbons (Fsp3) is 0.571. The third-order valence-corrected chi connectivity index (χ3v) is 3.87. The summed E-state index contributed by atoms with van der Waals surface area (Å²) < 4.78 is 7.30. The van der Waals surface area contributed by atoms with E-state index in [9.17, 15) is 4.79 Å². The van der Waals surface area contributed by atoms with Crippen molar-refractivity contribution in [3.05, 3.63) is 17.7 Å². The number of carbonyl (C=O) groups is 1. The normalized spacial score (nSPS) is 19.8. The van der Waals surface area contributed by atoms with E-state index >= 15 is 0 Å². The number of nitrogens with zero attached hydrogens (tertiary/aromatic N) is 3. The lowest BCUT2D eigenvalue weighted by Gasteiger charge is -2.30. The molecule has 0 radical (unpaired) electrons. The van der Waals surface area contributed by atoms with Crippen LogP contribution in [0, 0.1) is 18.3 Å². The van der Waals surface area contributed by atoms with Crippen LogP contribution in [0.4, 0.5) is 0 Å². The van der Waals surface area contributed by atoms with E-state index in [0.717, 1.165) is 31.8 Å². The molecule has 1 aromatic heterocycles. The monoisotopic (exact) mass is 259 g/mol. The molecule has 5 heteroatoms. The van der Waals surface area contributed by atoms with Gasteiger partial charge in [-0.15, -0.1) is 12.3 Å². The van der Waals surface area contributed by atoms with Crippen molar-refractivity contribution in [3.63, 3.8) is 0 Å². The number of fused-ring (bicyclic) bond motifs is 1. The first kappa shape index (κ1) is 12.2. The number of likely N-dealkylation sites (tertiary alicyclic amines) is 1. The lowest BCUT2D eigenvalue weighted by molar-refractivity contribution is 0.0653. The Hall–Kier alpha value is -1.80. The summed E-state index contributed by atoms with van der Waals surface area (Å²) in [6.07, 6.45) is 8.89. The van der Waals surface area contributed by atoms with E-state index in [2.05, 4.69) is 10.9 Å². The average Bonchev–Trinajstić information content (AvgIpc) is 2.90. The number of imidazole rings is 1. The Balaban J connectivity index is 1.74. The maximum absolute atomic E-state index is 12.5. The number of rotatable bonds is 1. The Morgan fingerprint density at radius 3 is 2.95 bits per heavy atom. The molecule has 0 aromatic carbocycles. The molecule has 3 rings (SSSR count). The Labute approximate surface area is 112 Å². The van der Waals surface area contributed by atoms with Crippen molar-refractivity contribution >= 4 is 5.91 Å². The molecule has 3 heterocycles. The Bertz CT molecular complexity index is 521. The molecule has 19 heavy (non-hydrogen) atoms. The van der Waals surface area contributed by atoms with Crippen molar-refractivity contribution in [2.24, 2.45) is 5.92 Å². The molecule has 2 aliphatic heterocycles. The number of ether oxygens (including phenoxy) is 1. The molecule has 0 unspecified atom stereocenters. The van der Waals surface area contributed by atoms with Crippen LogP contribution in [0.2, 0.25) is 0 Å². The smallest absolute Gasteiger partial charge is 0.272 e. The first-order valence-electron chi connectivity index (χ1n) is 6.67. The van der Waals surface area contributed by atoms with Crippen molar-refractivity contribution in [1.82, 2.24) is 14.5 Å². The van der Waals surface area contributed by atoms with Gasteiger partial charge in [0, 0.05) is 25.6 Å². The maximum Gasteiger partial charge on any atom is 0.272 e. The molecule has 0 atom stereocenters. The fourth-order valence-corrected chi connectivity index (χ4v) is 2.68. The quantitative estimate of drug-likeness (QED) is 0.704. The molecule has 0 aliphatic carbocycles. The average molecular weight is 259 g/mol. The highest BCUT2D eigenvalue weighted by Crippen LogP contribution is 2.19. The van der Waals surface area contributed by atoms with Gasteiger partial charge < -0.3 is 14.2 Å². The zero-order valence-corrected chi connectivity index (χ0v) is 10.8. The molecule has 2 aliphatic rings. The van der Waals surface area contributed by atoms with Crippen molar-refractivity contribution in [1.29, 1.82) is 0 Å². The van der Waals surface area contributed by atoms with Gasteiger partial charge in [0.2, 0.25) is 0 Å². The van der Waals surface area contributed by atoms with Gasteiger partial charge in [-0.1, -0.05) is 0 Å². The summed E-state index contributed by atoms with van der Waals surface area (Å²) in [6.45, 7) is 3.32. The standard InChI is InChI=1S/C14H17N3O2/c1-2-11-3-5-16(6-4-11)14(18)12-9-15-13-10-19-8-7-17(12)13/h1,9,11H,3-8,10H2. The predicted molar refractivity (Wildman–Crippen MR) is 69.3 cm³/mol. The molecule has 5 nitrogen and oxygen atoms in total. The Kier molecular flexibility index (Phi) is 3.26. The van der Waals surface area contributed by atoms with Crippen molar-refractivity contribution in [2.45, 2.75) is 26.0 Å². The van der Waals surface area contributed by atoms with E-state index in [4.69, 9.17) is 11.2 Å². The van der Waals surface area contributed by atoms with E-state index in [1.165, 1.54) is 0 Å². The van der Waals surface area contributed by atoms with Gasteiger partial charge in [-0.3, -0.25) is 4.79 Å². The zero-order valence-electron chi connectivity index (χ0n) is 10.8. The van der Waals surface area contributed by atoms with Gasteiger partial charge in [0.15, 0.2) is 0 Å². The van der Waals surface area contributed by atoms with Gasteiger partial charge in [0.05, 0.1) is 12.8 Å². The molecule has 1 aromatic rings. The van der Waals surface area contributed by atoms with Gasteiger partial charge in [0.25, 0.3) is 5.91 Å². The van der Waals surface area contributed by atoms with E-state index in [1.807, 2.05) is 9.47 Å². The highest BCUT2D eigenvalue weighted by atomic mass is 16.5. The minimum atomic E-state index is 0.0659. The number of amides is 1. The topological polar surface area (TPSA) is 47.4 Å². The summed E-state index contributed by atoms with van der Waals surface area (Å²) in [6, 6.07) is 0. The van der Waals surface area contributed by atoms with Gasteiger partial charge in [0.1, 0.15) is 18.1 Å². The fourth-order valence-electron chi connectivity index (χ4n) is 2.68. The summed E-state index contributed by atoms with van der Waals surface area (Å²) in [4.78, 5) is 18.6. The Morgan fingerprint density at radius 1 is 1.42 bits per heavy atom. The highest BCUT2D eigenvalue weighted by molar-refractivity contribution is 5.92. The van der Waals surface area contributed by atoms with E-state index < -0.39 is 0 Å². The van der Waals surface area contributed by atoms with Crippen LogP contribution in [-0.4, -0.2) is 40.1 Å². The summed E-state index contributed by atoms with van der Waals surface area (Å²) in [7, 11) is 0. The predicted octanol–water partition coefficient (Wildman–Crippen LogP) is 0.899. The number of hydrogen-bond donors (Lipinski definition) is 0. The van der Waals surface area contributed by atoms with Gasteiger partial charge in [-0.25, -0.2) is 4.98 Å². The first-order valence-corrected chi connectivity index (χ1v) is 6.67. The molecule has 1 fully saturated rings. The van der Waals surface area contributed by atoms with Gasteiger partial charge in [-0.05, 0) is 12.8 Å². The highest BCUT2D eigenvalue weighted by Gasteiger charge is 2.26. The second-order valence-electron chi connectivity index (χ2n) is 5.00. The van der Waals surface area contributed by atoms with Crippen molar-refractivity contribution in [3.8, 4) is 12.3 Å². The third-order valence-electron chi connectivity index (χ3n) is 3.87. The number of terminal acetylenes is 1. The first-order chi connectivity index (χ1) is 9.29. The third kappa shape index (κ3) is 2.24. The minimum Gasteiger partial charge on any atom is -0.372 e. The number of piperidine rings is 1. The van der Waals surface area contributed by atoms with Gasteiger partial charge in [-0.2, -0.15) is 0 Å². The maximum atomic E-state index is 12.5. The van der Waals surface area contributed by atoms with E-state index in [1.54, 1.807) is 6.20 Å². The SMILES string of the molecule is C#CC1CCN(C(=O)c2cnc3n2CCOC3)CC1. The molecule has 0 bridgehead atoms. The molecule has 0 saturated carbocycles. The van der Waals surface area contributed by atoms with Crippen molar-refractivity contribution < 1.29 is 9.53 Å². The van der Waals surface area contributed by atoms with E-state index in [0.29, 0.717) is 31.4 Å². The minimum absolute atomic E-state index is 0.0659. The number of carbonyl (C=O) groups excluding carboxylic acids is 1. The molecule has 0 N–H and O–H groups in total. The molecule has 0 spiro atoms. The summed E-state index contributed by atoms with van der Waals surface area (Å²) in [5.41, 5.74) is 0.678. The van der Waals surface area contributed by atoms with E-state index in [-0.39, 0.29) is 5.91 Å². The van der Waals surface area contributed by atoms with Crippen LogP contribution in [0.1, 0.15) is 29.2 Å². The lowest BCUT2D eigenvalue weighted by Crippen LogP contribution is -2.39. The van der Waals surface area contributed by atoms with Crippen LogP contribution in [0.15, 0.2) is 6.20 Å². The van der Waals surface area contributed by atoms with Crippen LogP contribution < -0.4 is 0 Å². The van der Waals surface area contributed by atoms with Crippen LogP contribution in [0.25, 0.3) is 0 Å². The lowest BCUT2D eigenvalue weighted by atomic mass is 9.98. The largest absolute Gasteiger partial charge is 0.372 e. The second-order valence-corrected chi connectivity index (χ2v) is 5.00. The zero-order chi connectivity index (χ0) is 13.2. The van der Waals surface area contributed by atoms with Crippen molar-refractivity contribution in [2.75, 3.05) is 19.7 Å². The molecule has 1 saturated heterocycles. The molecule has 100 valence electrons. The summed E-state index contributed by atoms with van der Waals surface area (Å²) in [5.74, 6) is 4.00. The summed E-state index contributed by atoms with van der Waals surface area (Å²) in [5, 5.41) is 0.